The molecule has 5 heteroatoms. The van der Waals surface area contributed by atoms with Crippen molar-refractivity contribution in [3.05, 3.63) is 90.0 Å². The van der Waals surface area contributed by atoms with Crippen LogP contribution >= 0.6 is 0 Å². The first kappa shape index (κ1) is 21.1. The van der Waals surface area contributed by atoms with Crippen LogP contribution in [0.3, 0.4) is 0 Å². The third-order valence-electron chi connectivity index (χ3n) is 4.44. The van der Waals surface area contributed by atoms with Gasteiger partial charge in [0.2, 0.25) is 0 Å². The molecule has 154 valence electrons. The number of carbonyl (C=O) groups excluding carboxylic acids is 1. The zero-order chi connectivity index (χ0) is 21.2. The molecule has 0 heterocycles. The molecule has 1 N–H and O–H groups in total. The zero-order valence-corrected chi connectivity index (χ0v) is 17.2. The second-order valence-electron chi connectivity index (χ2n) is 6.74. The van der Waals surface area contributed by atoms with E-state index in [9.17, 15) is 4.79 Å². The van der Waals surface area contributed by atoms with Gasteiger partial charge in [0.1, 0.15) is 11.5 Å². The van der Waals surface area contributed by atoms with E-state index in [1.54, 1.807) is 6.21 Å². The first-order valence-corrected chi connectivity index (χ1v) is 9.98. The molecule has 3 aromatic carbocycles. The maximum absolute atomic E-state index is 12.1. The number of rotatable bonds is 9. The van der Waals surface area contributed by atoms with Crippen molar-refractivity contribution in [2.45, 2.75) is 19.9 Å². The van der Waals surface area contributed by atoms with Crippen LogP contribution in [0.2, 0.25) is 0 Å². The maximum atomic E-state index is 12.1. The highest BCUT2D eigenvalue weighted by Gasteiger charge is 2.09. The van der Waals surface area contributed by atoms with Crippen LogP contribution in [0.5, 0.6) is 11.5 Å². The molecular weight excluding hydrogens is 376 g/mol. The van der Waals surface area contributed by atoms with Gasteiger partial charge in [0, 0.05) is 6.21 Å². The summed E-state index contributed by atoms with van der Waals surface area (Å²) in [5.41, 5.74) is 2.85. The minimum absolute atomic E-state index is 0.0310. The average Bonchev–Trinajstić information content (AvgIpc) is 2.79. The van der Waals surface area contributed by atoms with E-state index in [0.29, 0.717) is 12.4 Å². The second kappa shape index (κ2) is 10.8. The summed E-state index contributed by atoms with van der Waals surface area (Å²) in [7, 11) is 0. The maximum Gasteiger partial charge on any atom is 0.258 e. The predicted octanol–water partition coefficient (Wildman–Crippen LogP) is 5.09. The Morgan fingerprint density at radius 1 is 0.933 bits per heavy atom. The van der Waals surface area contributed by atoms with E-state index in [1.807, 2.05) is 92.7 Å². The SMILES string of the molecule is CCOc1ccc(N=Cc2ccc(OCC(=O)N[C@H](C)c3ccccc3)cc2)cc1. The van der Waals surface area contributed by atoms with Crippen molar-refractivity contribution in [3.63, 3.8) is 0 Å². The molecule has 0 saturated heterocycles. The first-order valence-electron chi connectivity index (χ1n) is 9.98. The van der Waals surface area contributed by atoms with Gasteiger partial charge in [-0.05, 0) is 73.5 Å². The Labute approximate surface area is 177 Å². The van der Waals surface area contributed by atoms with Gasteiger partial charge in [-0.25, -0.2) is 0 Å². The topological polar surface area (TPSA) is 59.9 Å². The van der Waals surface area contributed by atoms with E-state index in [1.165, 1.54) is 0 Å². The lowest BCUT2D eigenvalue weighted by atomic mass is 10.1. The molecule has 0 bridgehead atoms. The van der Waals surface area contributed by atoms with E-state index in [-0.39, 0.29) is 18.6 Å². The van der Waals surface area contributed by atoms with Crippen molar-refractivity contribution in [3.8, 4) is 11.5 Å². The summed E-state index contributed by atoms with van der Waals surface area (Å²) in [6, 6.07) is 24.8. The van der Waals surface area contributed by atoms with Gasteiger partial charge in [0.25, 0.3) is 5.91 Å². The number of nitrogens with zero attached hydrogens (tertiary/aromatic N) is 1. The number of amides is 1. The summed E-state index contributed by atoms with van der Waals surface area (Å²) in [6.07, 6.45) is 1.79. The van der Waals surface area contributed by atoms with Crippen LogP contribution in [0.1, 0.15) is 31.0 Å². The molecule has 0 radical (unpaired) electrons. The van der Waals surface area contributed by atoms with E-state index >= 15 is 0 Å². The number of hydrogen-bond donors (Lipinski definition) is 1. The Morgan fingerprint density at radius 2 is 1.57 bits per heavy atom. The molecule has 0 aromatic heterocycles. The lowest BCUT2D eigenvalue weighted by molar-refractivity contribution is -0.123. The normalized spacial score (nSPS) is 11.8. The Bertz CT molecular complexity index is 952. The van der Waals surface area contributed by atoms with Crippen molar-refractivity contribution < 1.29 is 14.3 Å². The Morgan fingerprint density at radius 3 is 2.23 bits per heavy atom. The number of ether oxygens (including phenoxy) is 2. The molecule has 1 amide bonds. The van der Waals surface area contributed by atoms with Gasteiger partial charge < -0.3 is 14.8 Å². The summed E-state index contributed by atoms with van der Waals surface area (Å²) in [5, 5.41) is 2.93. The molecule has 0 aliphatic rings. The predicted molar refractivity (Wildman–Crippen MR) is 120 cm³/mol. The fourth-order valence-electron chi connectivity index (χ4n) is 2.85. The van der Waals surface area contributed by atoms with Gasteiger partial charge >= 0.3 is 0 Å². The van der Waals surface area contributed by atoms with Crippen molar-refractivity contribution in [1.82, 2.24) is 5.32 Å². The first-order chi connectivity index (χ1) is 14.6. The summed E-state index contributed by atoms with van der Waals surface area (Å²) >= 11 is 0. The van der Waals surface area contributed by atoms with E-state index in [2.05, 4.69) is 10.3 Å². The third-order valence-corrected chi connectivity index (χ3v) is 4.44. The van der Waals surface area contributed by atoms with Gasteiger partial charge in [0.05, 0.1) is 18.3 Å². The summed E-state index contributed by atoms with van der Waals surface area (Å²) in [5.74, 6) is 1.31. The van der Waals surface area contributed by atoms with Crippen LogP contribution in [0.4, 0.5) is 5.69 Å². The Kier molecular flexibility index (Phi) is 7.61. The van der Waals surface area contributed by atoms with Crippen molar-refractivity contribution >= 4 is 17.8 Å². The standard InChI is InChI=1S/C25H26N2O3/c1-3-29-23-15-11-22(12-16-23)26-17-20-9-13-24(14-10-20)30-18-25(28)27-19(2)21-7-5-4-6-8-21/h4-17,19H,3,18H2,1-2H3,(H,27,28)/t19-/m1/s1. The van der Waals surface area contributed by atoms with Crippen LogP contribution < -0.4 is 14.8 Å². The fraction of sp³-hybridized carbons (Fsp3) is 0.200. The van der Waals surface area contributed by atoms with Crippen molar-refractivity contribution in [2.75, 3.05) is 13.2 Å². The minimum atomic E-state index is -0.160. The Balaban J connectivity index is 1.47. The van der Waals surface area contributed by atoms with Gasteiger partial charge in [-0.2, -0.15) is 0 Å². The summed E-state index contributed by atoms with van der Waals surface area (Å²) in [4.78, 5) is 16.6. The summed E-state index contributed by atoms with van der Waals surface area (Å²) < 4.78 is 11.0. The molecule has 5 nitrogen and oxygen atoms in total. The van der Waals surface area contributed by atoms with Crippen LogP contribution in [0, 0.1) is 0 Å². The monoisotopic (exact) mass is 402 g/mol. The number of carbonyl (C=O) groups is 1. The molecule has 0 spiro atoms. The minimum Gasteiger partial charge on any atom is -0.494 e. The van der Waals surface area contributed by atoms with Gasteiger partial charge in [-0.3, -0.25) is 9.79 Å². The average molecular weight is 402 g/mol. The molecule has 0 unspecified atom stereocenters. The van der Waals surface area contributed by atoms with Gasteiger partial charge in [0.15, 0.2) is 6.61 Å². The molecule has 3 aromatic rings. The quantitative estimate of drug-likeness (QED) is 0.507. The van der Waals surface area contributed by atoms with Gasteiger partial charge in [-0.1, -0.05) is 30.3 Å². The second-order valence-corrected chi connectivity index (χ2v) is 6.74. The molecule has 30 heavy (non-hydrogen) atoms. The summed E-state index contributed by atoms with van der Waals surface area (Å²) in [6.45, 7) is 4.52. The van der Waals surface area contributed by atoms with E-state index < -0.39 is 0 Å². The smallest absolute Gasteiger partial charge is 0.258 e. The molecule has 1 atom stereocenters. The number of aliphatic imine (C=N–C) groups is 1. The lowest BCUT2D eigenvalue weighted by Crippen LogP contribution is -2.31. The van der Waals surface area contributed by atoms with Crippen LogP contribution in [-0.4, -0.2) is 25.3 Å². The molecular formula is C25H26N2O3. The fourth-order valence-corrected chi connectivity index (χ4v) is 2.85. The molecule has 0 fully saturated rings. The molecule has 0 saturated carbocycles. The Hall–Kier alpha value is -3.60. The van der Waals surface area contributed by atoms with Crippen LogP contribution in [-0.2, 0) is 4.79 Å². The number of benzene rings is 3. The van der Waals surface area contributed by atoms with E-state index in [4.69, 9.17) is 9.47 Å². The largest absolute Gasteiger partial charge is 0.494 e. The lowest BCUT2D eigenvalue weighted by Gasteiger charge is -2.14. The van der Waals surface area contributed by atoms with Crippen LogP contribution in [0.15, 0.2) is 83.9 Å². The van der Waals surface area contributed by atoms with Crippen LogP contribution in [0.25, 0.3) is 0 Å². The highest BCUT2D eigenvalue weighted by molar-refractivity contribution is 5.82. The number of hydrogen-bond acceptors (Lipinski definition) is 4. The van der Waals surface area contributed by atoms with Crippen molar-refractivity contribution in [2.24, 2.45) is 4.99 Å². The zero-order valence-electron chi connectivity index (χ0n) is 17.2. The third kappa shape index (κ3) is 6.48. The van der Waals surface area contributed by atoms with Gasteiger partial charge in [-0.15, -0.1) is 0 Å². The molecule has 0 aliphatic heterocycles. The number of nitrogens with one attached hydrogen (secondary N) is 1. The highest BCUT2D eigenvalue weighted by atomic mass is 16.5. The molecule has 0 aliphatic carbocycles. The van der Waals surface area contributed by atoms with Crippen molar-refractivity contribution in [1.29, 1.82) is 0 Å². The van der Waals surface area contributed by atoms with E-state index in [0.717, 1.165) is 22.6 Å². The highest BCUT2D eigenvalue weighted by Crippen LogP contribution is 2.18. The molecule has 3 rings (SSSR count).